The van der Waals surface area contributed by atoms with Crippen LogP contribution in [0.5, 0.6) is 0 Å². The third kappa shape index (κ3) is 1.95. The van der Waals surface area contributed by atoms with Crippen LogP contribution in [0.3, 0.4) is 0 Å². The van der Waals surface area contributed by atoms with Gasteiger partial charge in [0.1, 0.15) is 0 Å². The van der Waals surface area contributed by atoms with E-state index >= 15 is 0 Å². The lowest BCUT2D eigenvalue weighted by Crippen LogP contribution is -1.98. The molecule has 0 aliphatic rings. The molecule has 62 valence electrons. The maximum Gasteiger partial charge on any atom is 0.188 e. The Morgan fingerprint density at radius 1 is 1.33 bits per heavy atom. The molecule has 0 spiro atoms. The Balaban J connectivity index is 2.98. The van der Waals surface area contributed by atoms with Gasteiger partial charge in [0.05, 0.1) is 0 Å². The highest BCUT2D eigenvalue weighted by Crippen LogP contribution is 2.11. The predicted molar refractivity (Wildman–Crippen MR) is 50.6 cm³/mol. The standard InChI is InChI=1S/C10H9ClO/c1-7(2)10(12)8-3-5-9(11)6-4-8/h3-6H,1H2,2H3. The summed E-state index contributed by atoms with van der Waals surface area (Å²) in [6.45, 7) is 5.26. The van der Waals surface area contributed by atoms with Gasteiger partial charge in [-0.25, -0.2) is 0 Å². The molecule has 1 aromatic carbocycles. The quantitative estimate of drug-likeness (QED) is 0.505. The van der Waals surface area contributed by atoms with Gasteiger partial charge in [-0.15, -0.1) is 0 Å². The summed E-state index contributed by atoms with van der Waals surface area (Å²) in [7, 11) is 0. The highest BCUT2D eigenvalue weighted by Gasteiger charge is 2.04. The minimum atomic E-state index is -0.0355. The first kappa shape index (κ1) is 9.01. The lowest BCUT2D eigenvalue weighted by atomic mass is 10.1. The molecule has 0 aromatic heterocycles. The van der Waals surface area contributed by atoms with Crippen molar-refractivity contribution in [1.29, 1.82) is 0 Å². The number of Topliss-reactive ketones (excluding diaryl/α,β-unsaturated/α-hetero) is 1. The minimum absolute atomic E-state index is 0.0355. The van der Waals surface area contributed by atoms with Crippen molar-refractivity contribution in [3.05, 3.63) is 47.0 Å². The number of hydrogen-bond donors (Lipinski definition) is 0. The monoisotopic (exact) mass is 180 g/mol. The van der Waals surface area contributed by atoms with E-state index in [-0.39, 0.29) is 5.78 Å². The first-order chi connectivity index (χ1) is 5.61. The molecule has 0 bridgehead atoms. The molecule has 0 saturated heterocycles. The smallest absolute Gasteiger partial charge is 0.188 e. The summed E-state index contributed by atoms with van der Waals surface area (Å²) >= 11 is 5.66. The van der Waals surface area contributed by atoms with Gasteiger partial charge < -0.3 is 0 Å². The summed E-state index contributed by atoms with van der Waals surface area (Å²) in [5, 5.41) is 0.633. The van der Waals surface area contributed by atoms with E-state index in [9.17, 15) is 4.79 Å². The van der Waals surface area contributed by atoms with Crippen molar-refractivity contribution < 1.29 is 4.79 Å². The molecule has 0 radical (unpaired) electrons. The van der Waals surface area contributed by atoms with E-state index in [2.05, 4.69) is 6.58 Å². The normalized spacial score (nSPS) is 9.50. The predicted octanol–water partition coefficient (Wildman–Crippen LogP) is 3.10. The highest BCUT2D eigenvalue weighted by molar-refractivity contribution is 6.30. The molecule has 2 heteroatoms. The molecular weight excluding hydrogens is 172 g/mol. The van der Waals surface area contributed by atoms with Gasteiger partial charge in [-0.2, -0.15) is 0 Å². The first-order valence-corrected chi connectivity index (χ1v) is 3.95. The summed E-state index contributed by atoms with van der Waals surface area (Å²) in [5.41, 5.74) is 1.17. The van der Waals surface area contributed by atoms with Gasteiger partial charge in [0.2, 0.25) is 0 Å². The van der Waals surface area contributed by atoms with Gasteiger partial charge >= 0.3 is 0 Å². The summed E-state index contributed by atoms with van der Waals surface area (Å²) in [6.07, 6.45) is 0. The van der Waals surface area contributed by atoms with Crippen molar-refractivity contribution in [3.8, 4) is 0 Å². The number of rotatable bonds is 2. The van der Waals surface area contributed by atoms with E-state index in [1.165, 1.54) is 0 Å². The fourth-order valence-electron chi connectivity index (χ4n) is 0.848. The zero-order valence-electron chi connectivity index (χ0n) is 6.80. The molecule has 12 heavy (non-hydrogen) atoms. The molecule has 0 amide bonds. The first-order valence-electron chi connectivity index (χ1n) is 3.57. The van der Waals surface area contributed by atoms with Crippen LogP contribution in [-0.4, -0.2) is 5.78 Å². The number of hydrogen-bond acceptors (Lipinski definition) is 1. The fraction of sp³-hybridized carbons (Fsp3) is 0.100. The number of ketones is 1. The number of carbonyl (C=O) groups excluding carboxylic acids is 1. The Labute approximate surface area is 76.7 Å². The van der Waals surface area contributed by atoms with Crippen molar-refractivity contribution in [2.45, 2.75) is 6.92 Å². The van der Waals surface area contributed by atoms with E-state index in [0.29, 0.717) is 16.2 Å². The van der Waals surface area contributed by atoms with Crippen LogP contribution in [0.4, 0.5) is 0 Å². The van der Waals surface area contributed by atoms with Crippen molar-refractivity contribution in [1.82, 2.24) is 0 Å². The second kappa shape index (κ2) is 3.55. The van der Waals surface area contributed by atoms with Crippen molar-refractivity contribution in [3.63, 3.8) is 0 Å². The fourth-order valence-corrected chi connectivity index (χ4v) is 0.974. The Morgan fingerprint density at radius 2 is 1.83 bits per heavy atom. The molecule has 1 nitrogen and oxygen atoms in total. The molecule has 1 aromatic rings. The second-order valence-corrected chi connectivity index (χ2v) is 3.05. The maximum atomic E-state index is 11.3. The molecule has 0 heterocycles. The zero-order valence-corrected chi connectivity index (χ0v) is 7.56. The highest BCUT2D eigenvalue weighted by atomic mass is 35.5. The van der Waals surface area contributed by atoms with Crippen LogP contribution in [0.2, 0.25) is 5.02 Å². The SMILES string of the molecule is C=C(C)C(=O)c1ccc(Cl)cc1. The van der Waals surface area contributed by atoms with E-state index in [4.69, 9.17) is 11.6 Å². The third-order valence-corrected chi connectivity index (χ3v) is 1.75. The van der Waals surface area contributed by atoms with E-state index < -0.39 is 0 Å². The van der Waals surface area contributed by atoms with Crippen LogP contribution < -0.4 is 0 Å². The largest absolute Gasteiger partial charge is 0.289 e. The Hall–Kier alpha value is -1.08. The Morgan fingerprint density at radius 3 is 2.25 bits per heavy atom. The summed E-state index contributed by atoms with van der Waals surface area (Å²) in [6, 6.07) is 6.77. The molecule has 0 aliphatic carbocycles. The molecule has 0 atom stereocenters. The molecule has 0 fully saturated rings. The molecule has 0 saturated carbocycles. The zero-order chi connectivity index (χ0) is 9.14. The lowest BCUT2D eigenvalue weighted by molar-refractivity contribution is 0.103. The van der Waals surface area contributed by atoms with Crippen LogP contribution in [0.15, 0.2) is 36.4 Å². The lowest BCUT2D eigenvalue weighted by Gasteiger charge is -1.98. The maximum absolute atomic E-state index is 11.3. The minimum Gasteiger partial charge on any atom is -0.289 e. The summed E-state index contributed by atoms with van der Waals surface area (Å²) in [4.78, 5) is 11.3. The molecule has 0 aliphatic heterocycles. The van der Waals surface area contributed by atoms with Crippen LogP contribution in [0, 0.1) is 0 Å². The van der Waals surface area contributed by atoms with Crippen LogP contribution in [0.1, 0.15) is 17.3 Å². The molecule has 0 unspecified atom stereocenters. The average molecular weight is 181 g/mol. The average Bonchev–Trinajstić information content (AvgIpc) is 2.04. The van der Waals surface area contributed by atoms with Crippen molar-refractivity contribution in [2.75, 3.05) is 0 Å². The Bertz CT molecular complexity index is 311. The number of halogens is 1. The van der Waals surface area contributed by atoms with E-state index in [1.807, 2.05) is 0 Å². The second-order valence-electron chi connectivity index (χ2n) is 2.62. The van der Waals surface area contributed by atoms with Gasteiger partial charge in [0.25, 0.3) is 0 Å². The third-order valence-electron chi connectivity index (χ3n) is 1.49. The topological polar surface area (TPSA) is 17.1 Å². The molecule has 0 N–H and O–H groups in total. The van der Waals surface area contributed by atoms with Crippen LogP contribution in [-0.2, 0) is 0 Å². The van der Waals surface area contributed by atoms with Gasteiger partial charge in [-0.3, -0.25) is 4.79 Å². The van der Waals surface area contributed by atoms with Crippen LogP contribution >= 0.6 is 11.6 Å². The van der Waals surface area contributed by atoms with Gasteiger partial charge in [0.15, 0.2) is 5.78 Å². The van der Waals surface area contributed by atoms with Gasteiger partial charge in [-0.05, 0) is 36.8 Å². The Kier molecular flexibility index (Phi) is 2.66. The summed E-state index contributed by atoms with van der Waals surface area (Å²) in [5.74, 6) is -0.0355. The van der Waals surface area contributed by atoms with Crippen molar-refractivity contribution in [2.24, 2.45) is 0 Å². The van der Waals surface area contributed by atoms with E-state index in [0.717, 1.165) is 0 Å². The number of carbonyl (C=O) groups is 1. The molecular formula is C10H9ClO. The summed E-state index contributed by atoms with van der Waals surface area (Å²) < 4.78 is 0. The number of allylic oxidation sites excluding steroid dienone is 1. The van der Waals surface area contributed by atoms with Gasteiger partial charge in [-0.1, -0.05) is 18.2 Å². The van der Waals surface area contributed by atoms with Gasteiger partial charge in [0, 0.05) is 10.6 Å². The number of benzene rings is 1. The van der Waals surface area contributed by atoms with E-state index in [1.54, 1.807) is 31.2 Å². The van der Waals surface area contributed by atoms with Crippen LogP contribution in [0.25, 0.3) is 0 Å². The van der Waals surface area contributed by atoms with Crippen molar-refractivity contribution >= 4 is 17.4 Å². The molecule has 1 rings (SSSR count).